The number of aromatic amines is 1. The van der Waals surface area contributed by atoms with E-state index < -0.39 is 0 Å². The molecule has 6 nitrogen and oxygen atoms in total. The summed E-state index contributed by atoms with van der Waals surface area (Å²) in [6.07, 6.45) is 1.83. The zero-order valence-electron chi connectivity index (χ0n) is 15.1. The Morgan fingerprint density at radius 1 is 1.30 bits per heavy atom. The van der Waals surface area contributed by atoms with Crippen molar-refractivity contribution >= 4 is 50.1 Å². The van der Waals surface area contributed by atoms with Gasteiger partial charge in [-0.15, -0.1) is 0 Å². The van der Waals surface area contributed by atoms with Gasteiger partial charge in [0.05, 0.1) is 27.8 Å². The Labute approximate surface area is 165 Å². The number of hydrogen-bond acceptors (Lipinski definition) is 6. The Morgan fingerprint density at radius 3 is 3.04 bits per heavy atom. The highest BCUT2D eigenvalue weighted by Crippen LogP contribution is 2.39. The first-order valence-electron chi connectivity index (χ1n) is 9.00. The second kappa shape index (κ2) is 6.44. The number of aryl methyl sites for hydroxylation is 1. The van der Waals surface area contributed by atoms with Crippen LogP contribution in [0, 0.1) is 6.92 Å². The second-order valence-electron chi connectivity index (χ2n) is 7.01. The molecule has 1 saturated heterocycles. The molecule has 0 aliphatic carbocycles. The number of pyridine rings is 1. The summed E-state index contributed by atoms with van der Waals surface area (Å²) in [6, 6.07) is 6.53. The van der Waals surface area contributed by atoms with E-state index in [1.54, 1.807) is 0 Å². The lowest BCUT2D eigenvalue weighted by Gasteiger charge is -2.34. The Hall–Kier alpha value is -2.22. The van der Waals surface area contributed by atoms with Crippen LogP contribution < -0.4 is 10.2 Å². The number of anilines is 1. The Kier molecular flexibility index (Phi) is 4.03. The summed E-state index contributed by atoms with van der Waals surface area (Å²) in [5.41, 5.74) is 4.61. The van der Waals surface area contributed by atoms with Gasteiger partial charge in [-0.1, -0.05) is 17.7 Å². The molecule has 0 saturated carbocycles. The van der Waals surface area contributed by atoms with Crippen molar-refractivity contribution in [3.63, 3.8) is 0 Å². The number of rotatable bonds is 2. The highest BCUT2D eigenvalue weighted by atomic mass is 35.5. The molecular formula is C19H19ClN6S. The van der Waals surface area contributed by atoms with Crippen LogP contribution in [0.25, 0.3) is 33.2 Å². The Balaban J connectivity index is 1.68. The molecule has 5 rings (SSSR count). The van der Waals surface area contributed by atoms with Gasteiger partial charge in [0, 0.05) is 36.6 Å². The van der Waals surface area contributed by atoms with Crippen LogP contribution in [0.5, 0.6) is 0 Å². The van der Waals surface area contributed by atoms with Crippen LogP contribution in [0.4, 0.5) is 5.00 Å². The molecule has 1 aliphatic rings. The molecule has 4 heterocycles. The van der Waals surface area contributed by atoms with E-state index in [2.05, 4.69) is 44.7 Å². The van der Waals surface area contributed by atoms with E-state index in [-0.39, 0.29) is 0 Å². The number of piperazine rings is 1. The molecule has 8 heteroatoms. The SMILES string of the molecule is Cc1ccc2[nH]ncc2c1-c1nc2nsc(N3CCNCC3C)c2cc1Cl. The molecule has 0 amide bonds. The van der Waals surface area contributed by atoms with Gasteiger partial charge in [-0.2, -0.15) is 9.47 Å². The quantitative estimate of drug-likeness (QED) is 0.534. The Bertz CT molecular complexity index is 1150. The molecule has 1 aliphatic heterocycles. The van der Waals surface area contributed by atoms with Crippen molar-refractivity contribution in [2.45, 2.75) is 19.9 Å². The van der Waals surface area contributed by atoms with Crippen LogP contribution in [0.15, 0.2) is 24.4 Å². The van der Waals surface area contributed by atoms with Crippen molar-refractivity contribution in [2.75, 3.05) is 24.5 Å². The van der Waals surface area contributed by atoms with E-state index in [0.717, 1.165) is 63.4 Å². The summed E-state index contributed by atoms with van der Waals surface area (Å²) in [5, 5.41) is 14.5. The van der Waals surface area contributed by atoms with E-state index in [4.69, 9.17) is 16.6 Å². The lowest BCUT2D eigenvalue weighted by molar-refractivity contribution is 0.504. The second-order valence-corrected chi connectivity index (χ2v) is 8.17. The maximum absolute atomic E-state index is 6.73. The van der Waals surface area contributed by atoms with Gasteiger partial charge in [0.15, 0.2) is 5.65 Å². The molecule has 2 N–H and O–H groups in total. The van der Waals surface area contributed by atoms with E-state index >= 15 is 0 Å². The lowest BCUT2D eigenvalue weighted by Crippen LogP contribution is -2.49. The predicted octanol–water partition coefficient (Wildman–Crippen LogP) is 3.99. The maximum atomic E-state index is 6.73. The smallest absolute Gasteiger partial charge is 0.175 e. The van der Waals surface area contributed by atoms with Gasteiger partial charge in [-0.3, -0.25) is 5.10 Å². The van der Waals surface area contributed by atoms with E-state index in [1.807, 2.05) is 18.3 Å². The maximum Gasteiger partial charge on any atom is 0.175 e. The van der Waals surface area contributed by atoms with Crippen molar-refractivity contribution < 1.29 is 0 Å². The molecule has 27 heavy (non-hydrogen) atoms. The van der Waals surface area contributed by atoms with Gasteiger partial charge in [0.1, 0.15) is 5.00 Å². The minimum atomic E-state index is 0.419. The Morgan fingerprint density at radius 2 is 2.19 bits per heavy atom. The first-order valence-corrected chi connectivity index (χ1v) is 10.1. The normalized spacial score (nSPS) is 17.9. The molecule has 3 aromatic heterocycles. The highest BCUT2D eigenvalue weighted by Gasteiger charge is 2.24. The largest absolute Gasteiger partial charge is 0.356 e. The topological polar surface area (TPSA) is 69.7 Å². The third-order valence-corrected chi connectivity index (χ3v) is 6.42. The standard InChI is InChI=1S/C19H19ClN6S/c1-10-3-4-15-13(9-22-24-15)16(10)17-14(20)7-12-18(23-17)25-27-19(12)26-6-5-21-8-11(26)2/h3-4,7,9,11,21H,5-6,8H2,1-2H3,(H,22,24). The number of fused-ring (bicyclic) bond motifs is 2. The van der Waals surface area contributed by atoms with Crippen molar-refractivity contribution in [3.8, 4) is 11.3 Å². The number of nitrogens with zero attached hydrogens (tertiary/aromatic N) is 4. The third-order valence-electron chi connectivity index (χ3n) is 5.24. The average Bonchev–Trinajstić information content (AvgIpc) is 3.28. The summed E-state index contributed by atoms with van der Waals surface area (Å²) < 4.78 is 4.64. The van der Waals surface area contributed by atoms with Gasteiger partial charge < -0.3 is 10.2 Å². The number of halogens is 1. The van der Waals surface area contributed by atoms with E-state index in [1.165, 1.54) is 11.5 Å². The van der Waals surface area contributed by atoms with Crippen molar-refractivity contribution in [1.82, 2.24) is 24.9 Å². The fourth-order valence-corrected chi connectivity index (χ4v) is 4.99. The van der Waals surface area contributed by atoms with Crippen molar-refractivity contribution in [2.24, 2.45) is 0 Å². The van der Waals surface area contributed by atoms with E-state index in [9.17, 15) is 0 Å². The van der Waals surface area contributed by atoms with Crippen LogP contribution in [-0.4, -0.2) is 45.2 Å². The summed E-state index contributed by atoms with van der Waals surface area (Å²) in [6.45, 7) is 7.21. The molecular weight excluding hydrogens is 380 g/mol. The zero-order valence-corrected chi connectivity index (χ0v) is 16.7. The van der Waals surface area contributed by atoms with Crippen LogP contribution >= 0.6 is 23.1 Å². The van der Waals surface area contributed by atoms with E-state index in [0.29, 0.717) is 11.1 Å². The van der Waals surface area contributed by atoms with Crippen LogP contribution in [-0.2, 0) is 0 Å². The fraction of sp³-hybridized carbons (Fsp3) is 0.316. The molecule has 0 bridgehead atoms. The minimum Gasteiger partial charge on any atom is -0.356 e. The molecule has 4 aromatic rings. The number of aromatic nitrogens is 4. The number of benzene rings is 1. The first kappa shape index (κ1) is 16.9. The van der Waals surface area contributed by atoms with Gasteiger partial charge in [-0.25, -0.2) is 4.98 Å². The third kappa shape index (κ3) is 2.69. The monoisotopic (exact) mass is 398 g/mol. The summed E-state index contributed by atoms with van der Waals surface area (Å²) in [7, 11) is 0. The van der Waals surface area contributed by atoms with Crippen molar-refractivity contribution in [1.29, 1.82) is 0 Å². The summed E-state index contributed by atoms with van der Waals surface area (Å²) in [5.74, 6) is 0. The molecule has 1 fully saturated rings. The minimum absolute atomic E-state index is 0.419. The van der Waals surface area contributed by atoms with Gasteiger partial charge in [-0.05, 0) is 43.1 Å². The van der Waals surface area contributed by atoms with Gasteiger partial charge >= 0.3 is 0 Å². The molecule has 1 atom stereocenters. The van der Waals surface area contributed by atoms with Crippen LogP contribution in [0.2, 0.25) is 5.02 Å². The highest BCUT2D eigenvalue weighted by molar-refractivity contribution is 7.11. The molecule has 0 radical (unpaired) electrons. The molecule has 1 unspecified atom stereocenters. The fourth-order valence-electron chi connectivity index (χ4n) is 3.81. The molecule has 0 spiro atoms. The van der Waals surface area contributed by atoms with Crippen molar-refractivity contribution in [3.05, 3.63) is 35.0 Å². The number of H-pyrrole nitrogens is 1. The average molecular weight is 399 g/mol. The summed E-state index contributed by atoms with van der Waals surface area (Å²) >= 11 is 8.24. The predicted molar refractivity (Wildman–Crippen MR) is 112 cm³/mol. The molecule has 138 valence electrons. The summed E-state index contributed by atoms with van der Waals surface area (Å²) in [4.78, 5) is 7.26. The van der Waals surface area contributed by atoms with Gasteiger partial charge in [0.2, 0.25) is 0 Å². The first-order chi connectivity index (χ1) is 13.1. The zero-order chi connectivity index (χ0) is 18.5. The molecule has 1 aromatic carbocycles. The lowest BCUT2D eigenvalue weighted by atomic mass is 10.0. The number of hydrogen-bond donors (Lipinski definition) is 2. The van der Waals surface area contributed by atoms with Crippen LogP contribution in [0.1, 0.15) is 12.5 Å². The van der Waals surface area contributed by atoms with Crippen LogP contribution in [0.3, 0.4) is 0 Å². The number of nitrogens with one attached hydrogen (secondary N) is 2. The van der Waals surface area contributed by atoms with Gasteiger partial charge in [0.25, 0.3) is 0 Å².